The Morgan fingerprint density at radius 3 is 2.25 bits per heavy atom. The Morgan fingerprint density at radius 1 is 1.31 bits per heavy atom. The largest absolute Gasteiger partial charge is 0.444 e. The van der Waals surface area contributed by atoms with Crippen LogP contribution in [0.1, 0.15) is 47.5 Å². The molecule has 0 aromatic heterocycles. The van der Waals surface area contributed by atoms with E-state index >= 15 is 0 Å². The monoisotopic (exact) mass is 231 g/mol. The Balaban J connectivity index is 3.97. The fourth-order valence-electron chi connectivity index (χ4n) is 1.22. The van der Waals surface area contributed by atoms with E-state index in [0.717, 1.165) is 12.8 Å². The molecule has 0 saturated carbocycles. The molecule has 4 heteroatoms. The topological polar surface area (TPSA) is 58.6 Å². The van der Waals surface area contributed by atoms with E-state index in [1.165, 1.54) is 0 Å². The minimum atomic E-state index is -0.498. The second-order valence-corrected chi connectivity index (χ2v) is 5.50. The van der Waals surface area contributed by atoms with E-state index in [1.54, 1.807) is 0 Å². The van der Waals surface area contributed by atoms with Crippen molar-refractivity contribution in [2.45, 2.75) is 59.1 Å². The van der Waals surface area contributed by atoms with E-state index in [-0.39, 0.29) is 12.6 Å². The second-order valence-electron chi connectivity index (χ2n) is 5.50. The smallest absolute Gasteiger partial charge is 0.407 e. The molecule has 0 aliphatic rings. The highest BCUT2D eigenvalue weighted by atomic mass is 16.6. The highest BCUT2D eigenvalue weighted by Gasteiger charge is 2.19. The van der Waals surface area contributed by atoms with Gasteiger partial charge in [-0.15, -0.1) is 0 Å². The van der Waals surface area contributed by atoms with Gasteiger partial charge in [0.05, 0.1) is 12.6 Å². The molecular weight excluding hydrogens is 206 g/mol. The van der Waals surface area contributed by atoms with Crippen LogP contribution >= 0.6 is 0 Å². The molecule has 0 heterocycles. The van der Waals surface area contributed by atoms with Crippen molar-refractivity contribution in [3.8, 4) is 0 Å². The fraction of sp³-hybridized carbons (Fsp3) is 0.917. The second kappa shape index (κ2) is 6.74. The Morgan fingerprint density at radius 2 is 1.88 bits per heavy atom. The van der Waals surface area contributed by atoms with Crippen LogP contribution in [0.3, 0.4) is 0 Å². The average molecular weight is 231 g/mol. The molecule has 1 amide bonds. The zero-order valence-electron chi connectivity index (χ0n) is 11.0. The first-order valence-electron chi connectivity index (χ1n) is 5.85. The molecule has 1 atom stereocenters. The molecule has 0 saturated heterocycles. The Labute approximate surface area is 98.4 Å². The van der Waals surface area contributed by atoms with E-state index in [9.17, 15) is 4.79 Å². The van der Waals surface area contributed by atoms with Crippen LogP contribution in [0.4, 0.5) is 4.79 Å². The molecule has 96 valence electrons. The van der Waals surface area contributed by atoms with Crippen molar-refractivity contribution in [1.29, 1.82) is 0 Å². The van der Waals surface area contributed by atoms with Gasteiger partial charge in [-0.25, -0.2) is 4.79 Å². The minimum Gasteiger partial charge on any atom is -0.444 e. The summed E-state index contributed by atoms with van der Waals surface area (Å²) in [6.45, 7) is 9.62. The third-order valence-electron chi connectivity index (χ3n) is 2.03. The molecule has 16 heavy (non-hydrogen) atoms. The van der Waals surface area contributed by atoms with E-state index in [0.29, 0.717) is 5.92 Å². The summed E-state index contributed by atoms with van der Waals surface area (Å²) in [4.78, 5) is 11.4. The first-order chi connectivity index (χ1) is 7.24. The Hall–Kier alpha value is -0.770. The summed E-state index contributed by atoms with van der Waals surface area (Å²) < 4.78 is 5.12. The van der Waals surface area contributed by atoms with Gasteiger partial charge in [0.1, 0.15) is 5.60 Å². The van der Waals surface area contributed by atoms with Crippen LogP contribution in [-0.2, 0) is 4.74 Å². The van der Waals surface area contributed by atoms with Crippen molar-refractivity contribution in [2.75, 3.05) is 6.61 Å². The quantitative estimate of drug-likeness (QED) is 0.763. The van der Waals surface area contributed by atoms with Crippen LogP contribution < -0.4 is 5.32 Å². The van der Waals surface area contributed by atoms with Gasteiger partial charge < -0.3 is 15.2 Å². The van der Waals surface area contributed by atoms with Crippen molar-refractivity contribution < 1.29 is 14.6 Å². The number of aliphatic hydroxyl groups excluding tert-OH is 1. The zero-order valence-corrected chi connectivity index (χ0v) is 11.0. The van der Waals surface area contributed by atoms with Gasteiger partial charge >= 0.3 is 6.09 Å². The number of amides is 1. The zero-order chi connectivity index (χ0) is 12.8. The molecule has 0 rings (SSSR count). The van der Waals surface area contributed by atoms with E-state index in [1.807, 2.05) is 20.8 Å². The maximum absolute atomic E-state index is 11.4. The standard InChI is InChI=1S/C12H25NO3/c1-9(2)6-7-10(8-14)13-11(15)16-12(3,4)5/h9-10,14H,6-8H2,1-5H3,(H,13,15). The molecule has 0 spiro atoms. The first-order valence-corrected chi connectivity index (χ1v) is 5.85. The predicted octanol–water partition coefficient (Wildman–Crippen LogP) is 2.31. The number of hydrogen-bond donors (Lipinski definition) is 2. The maximum Gasteiger partial charge on any atom is 0.407 e. The summed E-state index contributed by atoms with van der Waals surface area (Å²) in [5.41, 5.74) is -0.498. The van der Waals surface area contributed by atoms with Crippen molar-refractivity contribution in [3.63, 3.8) is 0 Å². The van der Waals surface area contributed by atoms with Crippen molar-refractivity contribution >= 4 is 6.09 Å². The Kier molecular flexibility index (Phi) is 6.41. The molecular formula is C12H25NO3. The van der Waals surface area contributed by atoms with Crippen LogP contribution in [-0.4, -0.2) is 29.4 Å². The lowest BCUT2D eigenvalue weighted by Crippen LogP contribution is -2.41. The molecule has 0 aliphatic carbocycles. The Bertz CT molecular complexity index is 209. The first kappa shape index (κ1) is 15.2. The van der Waals surface area contributed by atoms with Crippen molar-refractivity contribution in [2.24, 2.45) is 5.92 Å². The molecule has 0 aliphatic heterocycles. The number of ether oxygens (including phenoxy) is 1. The van der Waals surface area contributed by atoms with E-state index < -0.39 is 11.7 Å². The summed E-state index contributed by atoms with van der Waals surface area (Å²) in [5.74, 6) is 0.564. The van der Waals surface area contributed by atoms with E-state index in [2.05, 4.69) is 19.2 Å². The van der Waals surface area contributed by atoms with Crippen LogP contribution in [0.5, 0.6) is 0 Å². The number of aliphatic hydroxyl groups is 1. The number of alkyl carbamates (subject to hydrolysis) is 1. The van der Waals surface area contributed by atoms with Crippen molar-refractivity contribution in [3.05, 3.63) is 0 Å². The van der Waals surface area contributed by atoms with Crippen LogP contribution in [0.15, 0.2) is 0 Å². The van der Waals surface area contributed by atoms with Gasteiger partial charge in [-0.1, -0.05) is 13.8 Å². The lowest BCUT2D eigenvalue weighted by Gasteiger charge is -2.23. The molecule has 0 bridgehead atoms. The highest BCUT2D eigenvalue weighted by Crippen LogP contribution is 2.09. The number of hydrogen-bond acceptors (Lipinski definition) is 3. The lowest BCUT2D eigenvalue weighted by molar-refractivity contribution is 0.0477. The SMILES string of the molecule is CC(C)CCC(CO)NC(=O)OC(C)(C)C. The predicted molar refractivity (Wildman–Crippen MR) is 64.3 cm³/mol. The molecule has 0 radical (unpaired) electrons. The van der Waals surface area contributed by atoms with Gasteiger partial charge in [0.15, 0.2) is 0 Å². The fourth-order valence-corrected chi connectivity index (χ4v) is 1.22. The number of rotatable bonds is 5. The van der Waals surface area contributed by atoms with Gasteiger partial charge in [-0.3, -0.25) is 0 Å². The lowest BCUT2D eigenvalue weighted by atomic mass is 10.0. The number of carbonyl (C=O) groups is 1. The molecule has 0 aromatic rings. The molecule has 1 unspecified atom stereocenters. The van der Waals surface area contributed by atoms with Crippen LogP contribution in [0.25, 0.3) is 0 Å². The average Bonchev–Trinajstić information content (AvgIpc) is 2.08. The summed E-state index contributed by atoms with van der Waals surface area (Å²) in [5, 5.41) is 11.8. The highest BCUT2D eigenvalue weighted by molar-refractivity contribution is 5.68. The van der Waals surface area contributed by atoms with Gasteiger partial charge in [0, 0.05) is 0 Å². The van der Waals surface area contributed by atoms with Gasteiger partial charge in [0.25, 0.3) is 0 Å². The molecule has 4 nitrogen and oxygen atoms in total. The number of carbonyl (C=O) groups excluding carboxylic acids is 1. The minimum absolute atomic E-state index is 0.0496. The van der Waals surface area contributed by atoms with Gasteiger partial charge in [-0.2, -0.15) is 0 Å². The van der Waals surface area contributed by atoms with Crippen LogP contribution in [0, 0.1) is 5.92 Å². The third-order valence-corrected chi connectivity index (χ3v) is 2.03. The van der Waals surface area contributed by atoms with E-state index in [4.69, 9.17) is 9.84 Å². The summed E-state index contributed by atoms with van der Waals surface area (Å²) in [6.07, 6.45) is 1.28. The summed E-state index contributed by atoms with van der Waals surface area (Å²) in [7, 11) is 0. The maximum atomic E-state index is 11.4. The van der Waals surface area contributed by atoms with Crippen molar-refractivity contribution in [1.82, 2.24) is 5.32 Å². The third kappa shape index (κ3) is 8.53. The van der Waals surface area contributed by atoms with Gasteiger partial charge in [-0.05, 0) is 39.5 Å². The molecule has 0 aromatic carbocycles. The molecule has 2 N–H and O–H groups in total. The summed E-state index contributed by atoms with van der Waals surface area (Å²) >= 11 is 0. The molecule has 0 fully saturated rings. The number of nitrogens with one attached hydrogen (secondary N) is 1. The normalized spacial score (nSPS) is 13.7. The van der Waals surface area contributed by atoms with Crippen LogP contribution in [0.2, 0.25) is 0 Å². The van der Waals surface area contributed by atoms with Gasteiger partial charge in [0.2, 0.25) is 0 Å². The summed E-state index contributed by atoms with van der Waals surface area (Å²) in [6, 6.07) is -0.211.